The summed E-state index contributed by atoms with van der Waals surface area (Å²) in [6.07, 6.45) is 5.62. The molecule has 0 bridgehead atoms. The first-order valence-electron chi connectivity index (χ1n) is 4.13. The van der Waals surface area contributed by atoms with Crippen LogP contribution in [0.1, 0.15) is 32.1 Å². The molecule has 0 saturated heterocycles. The molecule has 0 spiro atoms. The van der Waals surface area contributed by atoms with Gasteiger partial charge in [0.15, 0.2) is 8.03 Å². The van der Waals surface area contributed by atoms with Crippen LogP contribution in [0.25, 0.3) is 0 Å². The third-order valence-electron chi connectivity index (χ3n) is 2.35. The van der Waals surface area contributed by atoms with Crippen LogP contribution in [-0.4, -0.2) is 16.6 Å². The predicted octanol–water partition coefficient (Wildman–Crippen LogP) is 1.11. The molecule has 0 aromatic carbocycles. The zero-order valence-corrected chi connectivity index (χ0v) is 7.68. The van der Waals surface area contributed by atoms with Crippen LogP contribution in [0, 0.1) is 0 Å². The highest BCUT2D eigenvalue weighted by molar-refractivity contribution is 7.38. The summed E-state index contributed by atoms with van der Waals surface area (Å²) in [5.74, 6) is 0. The SMILES string of the molecule is NC1(C[PH](=O)O)CCCCC1. The second-order valence-corrected chi connectivity index (χ2v) is 4.63. The van der Waals surface area contributed by atoms with E-state index in [2.05, 4.69) is 0 Å². The molecule has 1 aliphatic rings. The molecule has 0 aromatic heterocycles. The number of hydrogen-bond donors (Lipinski definition) is 2. The first-order valence-corrected chi connectivity index (χ1v) is 5.69. The molecule has 1 unspecified atom stereocenters. The van der Waals surface area contributed by atoms with Gasteiger partial charge in [0.25, 0.3) is 0 Å². The van der Waals surface area contributed by atoms with E-state index in [9.17, 15) is 4.57 Å². The second-order valence-electron chi connectivity index (χ2n) is 3.49. The molecular formula is C7H16NO2P. The van der Waals surface area contributed by atoms with Crippen molar-refractivity contribution in [2.45, 2.75) is 37.6 Å². The van der Waals surface area contributed by atoms with E-state index in [-0.39, 0.29) is 5.54 Å². The van der Waals surface area contributed by atoms with E-state index >= 15 is 0 Å². The van der Waals surface area contributed by atoms with Crippen LogP contribution in [0.3, 0.4) is 0 Å². The Bertz CT molecular complexity index is 155. The second kappa shape index (κ2) is 3.70. The Hall–Kier alpha value is 0.150. The van der Waals surface area contributed by atoms with Crippen LogP contribution < -0.4 is 5.73 Å². The zero-order chi connectivity index (χ0) is 8.32. The van der Waals surface area contributed by atoms with Crippen LogP contribution in [-0.2, 0) is 4.57 Å². The molecule has 1 fully saturated rings. The predicted molar refractivity (Wildman–Crippen MR) is 46.1 cm³/mol. The minimum atomic E-state index is -2.37. The van der Waals surface area contributed by atoms with E-state index in [0.29, 0.717) is 6.16 Å². The van der Waals surface area contributed by atoms with Crippen LogP contribution in [0.4, 0.5) is 0 Å². The fourth-order valence-corrected chi connectivity index (χ4v) is 2.69. The van der Waals surface area contributed by atoms with Crippen molar-refractivity contribution in [3.05, 3.63) is 0 Å². The summed E-state index contributed by atoms with van der Waals surface area (Å²) in [4.78, 5) is 8.74. The van der Waals surface area contributed by atoms with Gasteiger partial charge in [-0.15, -0.1) is 0 Å². The molecule has 1 saturated carbocycles. The van der Waals surface area contributed by atoms with Gasteiger partial charge in [-0.3, -0.25) is 4.57 Å². The van der Waals surface area contributed by atoms with Gasteiger partial charge in [0.1, 0.15) is 0 Å². The van der Waals surface area contributed by atoms with E-state index in [4.69, 9.17) is 10.6 Å². The van der Waals surface area contributed by atoms with Crippen LogP contribution in [0.2, 0.25) is 0 Å². The van der Waals surface area contributed by atoms with Gasteiger partial charge in [-0.05, 0) is 12.8 Å². The first-order chi connectivity index (χ1) is 5.12. The summed E-state index contributed by atoms with van der Waals surface area (Å²) >= 11 is 0. The maximum atomic E-state index is 10.6. The van der Waals surface area contributed by atoms with E-state index in [0.717, 1.165) is 25.7 Å². The van der Waals surface area contributed by atoms with Crippen molar-refractivity contribution in [1.29, 1.82) is 0 Å². The Labute approximate surface area is 67.8 Å². The molecule has 0 heterocycles. The number of nitrogens with two attached hydrogens (primary N) is 1. The smallest absolute Gasteiger partial charge is 0.190 e. The summed E-state index contributed by atoms with van der Waals surface area (Å²) in [5.41, 5.74) is 5.61. The van der Waals surface area contributed by atoms with E-state index in [1.807, 2.05) is 0 Å². The molecule has 0 radical (unpaired) electrons. The summed E-state index contributed by atoms with van der Waals surface area (Å²) in [5, 5.41) is 0. The maximum Gasteiger partial charge on any atom is 0.190 e. The Morgan fingerprint density at radius 2 is 1.91 bits per heavy atom. The van der Waals surface area contributed by atoms with Gasteiger partial charge in [0.05, 0.1) is 0 Å². The number of hydrogen-bond acceptors (Lipinski definition) is 2. The highest BCUT2D eigenvalue weighted by Gasteiger charge is 2.28. The lowest BCUT2D eigenvalue weighted by atomic mass is 9.84. The van der Waals surface area contributed by atoms with Crippen LogP contribution >= 0.6 is 8.03 Å². The lowest BCUT2D eigenvalue weighted by Gasteiger charge is -2.32. The topological polar surface area (TPSA) is 63.3 Å². The highest BCUT2D eigenvalue weighted by Crippen LogP contribution is 2.32. The summed E-state index contributed by atoms with van der Waals surface area (Å²) in [6.45, 7) is 0. The Balaban J connectivity index is 2.43. The molecule has 1 rings (SSSR count). The highest BCUT2D eigenvalue weighted by atomic mass is 31.1. The molecular weight excluding hydrogens is 161 g/mol. The van der Waals surface area contributed by atoms with E-state index in [1.165, 1.54) is 6.42 Å². The van der Waals surface area contributed by atoms with Gasteiger partial charge in [-0.2, -0.15) is 0 Å². The summed E-state index contributed by atoms with van der Waals surface area (Å²) in [7, 11) is -2.37. The molecule has 1 atom stereocenters. The minimum Gasteiger partial charge on any atom is -0.346 e. The van der Waals surface area contributed by atoms with Gasteiger partial charge < -0.3 is 10.6 Å². The normalized spacial score (nSPS) is 26.4. The largest absolute Gasteiger partial charge is 0.346 e. The first kappa shape index (κ1) is 9.24. The van der Waals surface area contributed by atoms with Crippen LogP contribution in [0.15, 0.2) is 0 Å². The molecule has 66 valence electrons. The molecule has 3 nitrogen and oxygen atoms in total. The average Bonchev–Trinajstić information content (AvgIpc) is 1.85. The minimum absolute atomic E-state index is 0.316. The van der Waals surface area contributed by atoms with E-state index < -0.39 is 8.03 Å². The number of rotatable bonds is 2. The monoisotopic (exact) mass is 177 g/mol. The third-order valence-corrected chi connectivity index (χ3v) is 3.36. The summed E-state index contributed by atoms with van der Waals surface area (Å²) in [6, 6.07) is 0. The maximum absolute atomic E-state index is 10.6. The fraction of sp³-hybridized carbons (Fsp3) is 1.00. The van der Waals surface area contributed by atoms with Crippen molar-refractivity contribution in [3.8, 4) is 0 Å². The lowest BCUT2D eigenvalue weighted by molar-refractivity contribution is 0.319. The standard InChI is InChI=1S/C7H16NO2P/c8-7(6-11(9)10)4-2-1-3-5-7/h11H,1-6,8H2,(H,9,10). The molecule has 4 heteroatoms. The Morgan fingerprint density at radius 3 is 2.36 bits per heavy atom. The lowest BCUT2D eigenvalue weighted by Crippen LogP contribution is -2.44. The van der Waals surface area contributed by atoms with Gasteiger partial charge in [0, 0.05) is 11.7 Å². The third kappa shape index (κ3) is 2.94. The molecule has 0 aromatic rings. The average molecular weight is 177 g/mol. The van der Waals surface area contributed by atoms with E-state index in [1.54, 1.807) is 0 Å². The van der Waals surface area contributed by atoms with Gasteiger partial charge in [0.2, 0.25) is 0 Å². The summed E-state index contributed by atoms with van der Waals surface area (Å²) < 4.78 is 10.6. The van der Waals surface area contributed by atoms with Gasteiger partial charge >= 0.3 is 0 Å². The van der Waals surface area contributed by atoms with Crippen molar-refractivity contribution in [3.63, 3.8) is 0 Å². The van der Waals surface area contributed by atoms with Crippen LogP contribution in [0.5, 0.6) is 0 Å². The van der Waals surface area contributed by atoms with Gasteiger partial charge in [-0.1, -0.05) is 19.3 Å². The molecule has 3 N–H and O–H groups in total. The molecule has 1 aliphatic carbocycles. The molecule has 11 heavy (non-hydrogen) atoms. The van der Waals surface area contributed by atoms with Crippen molar-refractivity contribution < 1.29 is 9.46 Å². The van der Waals surface area contributed by atoms with Crippen molar-refractivity contribution in [1.82, 2.24) is 0 Å². The Morgan fingerprint density at radius 1 is 1.36 bits per heavy atom. The van der Waals surface area contributed by atoms with Crippen molar-refractivity contribution in [2.75, 3.05) is 6.16 Å². The van der Waals surface area contributed by atoms with Crippen molar-refractivity contribution >= 4 is 8.03 Å². The molecule has 0 aliphatic heterocycles. The quantitative estimate of drug-likeness (QED) is 0.621. The fourth-order valence-electron chi connectivity index (χ4n) is 1.73. The van der Waals surface area contributed by atoms with Crippen molar-refractivity contribution in [2.24, 2.45) is 5.73 Å². The Kier molecular flexibility index (Phi) is 3.11. The molecule has 0 amide bonds. The zero-order valence-electron chi connectivity index (χ0n) is 6.68. The van der Waals surface area contributed by atoms with Gasteiger partial charge in [-0.25, -0.2) is 0 Å².